The van der Waals surface area contributed by atoms with Gasteiger partial charge < -0.3 is 15.3 Å². The summed E-state index contributed by atoms with van der Waals surface area (Å²) in [5.41, 5.74) is 6.75. The highest BCUT2D eigenvalue weighted by molar-refractivity contribution is 9.10. The van der Waals surface area contributed by atoms with Gasteiger partial charge in [-0.05, 0) is 42.8 Å². The van der Waals surface area contributed by atoms with E-state index < -0.39 is 26.8 Å². The molecule has 3 aromatic rings. The second-order valence-electron chi connectivity index (χ2n) is 6.70. The third kappa shape index (κ3) is 5.89. The lowest BCUT2D eigenvalue weighted by Crippen LogP contribution is -2.14. The van der Waals surface area contributed by atoms with Crippen LogP contribution >= 0.6 is 27.5 Å². The molecule has 0 saturated carbocycles. The summed E-state index contributed by atoms with van der Waals surface area (Å²) in [6, 6.07) is 8.72. The number of carbonyl (C=O) groups excluding carboxylic acids is 1. The van der Waals surface area contributed by atoms with Crippen LogP contribution in [-0.2, 0) is 21.3 Å². The van der Waals surface area contributed by atoms with Crippen LogP contribution in [0.5, 0.6) is 5.75 Å². The van der Waals surface area contributed by atoms with E-state index in [1.54, 1.807) is 12.1 Å². The van der Waals surface area contributed by atoms with E-state index >= 15 is 0 Å². The zero-order chi connectivity index (χ0) is 22.8. The first-order chi connectivity index (χ1) is 14.5. The Morgan fingerprint density at radius 1 is 1.23 bits per heavy atom. The van der Waals surface area contributed by atoms with Crippen LogP contribution in [0.4, 0.5) is 0 Å². The molecule has 0 unspecified atom stereocenters. The van der Waals surface area contributed by atoms with Gasteiger partial charge in [-0.15, -0.1) is 10.2 Å². The predicted octanol–water partition coefficient (Wildman–Crippen LogP) is 3.70. The highest BCUT2D eigenvalue weighted by atomic mass is 79.9. The van der Waals surface area contributed by atoms with Gasteiger partial charge in [0.25, 0.3) is 10.1 Å². The van der Waals surface area contributed by atoms with Crippen molar-refractivity contribution in [3.8, 4) is 17.2 Å². The molecule has 9 nitrogen and oxygen atoms in total. The molecule has 3 rings (SSSR count). The maximum atomic E-state index is 12.3. The highest BCUT2D eigenvalue weighted by Gasteiger charge is 2.22. The number of carbonyl (C=O) groups is 1. The van der Waals surface area contributed by atoms with Crippen molar-refractivity contribution in [3.63, 3.8) is 0 Å². The number of hydrogen-bond acceptors (Lipinski definition) is 8. The van der Waals surface area contributed by atoms with Gasteiger partial charge in [-0.1, -0.05) is 27.5 Å². The Balaban J connectivity index is 1.64. The van der Waals surface area contributed by atoms with Crippen molar-refractivity contribution in [2.24, 2.45) is 5.73 Å². The molecular weight excluding hydrogens is 514 g/mol. The van der Waals surface area contributed by atoms with Gasteiger partial charge in [0.15, 0.2) is 0 Å². The van der Waals surface area contributed by atoms with Gasteiger partial charge in [-0.25, -0.2) is 0 Å². The molecule has 0 fully saturated rings. The van der Waals surface area contributed by atoms with Crippen molar-refractivity contribution in [2.75, 3.05) is 0 Å². The van der Waals surface area contributed by atoms with E-state index in [0.29, 0.717) is 5.89 Å². The lowest BCUT2D eigenvalue weighted by Gasteiger charge is -2.10. The van der Waals surface area contributed by atoms with Crippen molar-refractivity contribution in [1.29, 1.82) is 0 Å². The van der Waals surface area contributed by atoms with Crippen LogP contribution in [0.25, 0.3) is 11.5 Å². The molecule has 1 atom stereocenters. The molecule has 164 valence electrons. The number of Topliss-reactive ketones (excluding diaryl/α,β-unsaturated/α-hetero) is 1. The molecule has 12 heteroatoms. The predicted molar refractivity (Wildman–Crippen MR) is 115 cm³/mol. The minimum absolute atomic E-state index is 0.00429. The highest BCUT2D eigenvalue weighted by Crippen LogP contribution is 2.31. The zero-order valence-corrected chi connectivity index (χ0v) is 19.0. The van der Waals surface area contributed by atoms with Gasteiger partial charge >= 0.3 is 0 Å². The van der Waals surface area contributed by atoms with Gasteiger partial charge in [0, 0.05) is 33.5 Å². The quantitative estimate of drug-likeness (QED) is 0.369. The molecule has 0 aliphatic carbocycles. The summed E-state index contributed by atoms with van der Waals surface area (Å²) in [6.45, 7) is 0. The number of aromatic nitrogens is 2. The van der Waals surface area contributed by atoms with E-state index in [1.165, 1.54) is 6.07 Å². The monoisotopic (exact) mass is 529 g/mol. The maximum Gasteiger partial charge on any atom is 0.298 e. The third-order valence-corrected chi connectivity index (χ3v) is 5.98. The number of benzene rings is 2. The van der Waals surface area contributed by atoms with E-state index in [4.69, 9.17) is 21.8 Å². The first-order valence-electron chi connectivity index (χ1n) is 8.90. The second-order valence-corrected chi connectivity index (χ2v) is 9.44. The molecule has 0 amide bonds. The fourth-order valence-corrected chi connectivity index (χ4v) is 4.02. The number of nitrogens with two attached hydrogens (primary N) is 1. The van der Waals surface area contributed by atoms with Crippen molar-refractivity contribution in [1.82, 2.24) is 10.2 Å². The molecule has 0 aliphatic heterocycles. The Labute approximate surface area is 191 Å². The first-order valence-corrected chi connectivity index (χ1v) is 11.5. The molecule has 1 heterocycles. The molecule has 0 aliphatic rings. The summed E-state index contributed by atoms with van der Waals surface area (Å²) in [5, 5.41) is 17.9. The molecule has 1 aromatic heterocycles. The molecule has 31 heavy (non-hydrogen) atoms. The van der Waals surface area contributed by atoms with Crippen LogP contribution in [0.3, 0.4) is 0 Å². The first kappa shape index (κ1) is 23.4. The number of aromatic hydroxyl groups is 1. The smallest absolute Gasteiger partial charge is 0.298 e. The summed E-state index contributed by atoms with van der Waals surface area (Å²) < 4.78 is 38.4. The lowest BCUT2D eigenvalue weighted by atomic mass is 10.0. The van der Waals surface area contributed by atoms with Gasteiger partial charge in [0.2, 0.25) is 11.8 Å². The molecule has 4 N–H and O–H groups in total. The third-order valence-electron chi connectivity index (χ3n) is 4.37. The Kier molecular flexibility index (Phi) is 7.12. The van der Waals surface area contributed by atoms with Crippen LogP contribution in [0.2, 0.25) is 5.02 Å². The van der Waals surface area contributed by atoms with Crippen LogP contribution in [0.1, 0.15) is 30.3 Å². The fourth-order valence-electron chi connectivity index (χ4n) is 2.79. The number of halogens is 2. The Hall–Kier alpha value is -2.31. The fraction of sp³-hybridized carbons (Fsp3) is 0.211. The molecule has 2 aromatic carbocycles. The number of ketones is 1. The van der Waals surface area contributed by atoms with E-state index in [2.05, 4.69) is 26.1 Å². The van der Waals surface area contributed by atoms with Crippen molar-refractivity contribution in [3.05, 3.63) is 57.3 Å². The Morgan fingerprint density at radius 2 is 1.90 bits per heavy atom. The van der Waals surface area contributed by atoms with Gasteiger partial charge in [-0.2, -0.15) is 8.42 Å². The lowest BCUT2D eigenvalue weighted by molar-refractivity contribution is -0.118. The molecule has 0 saturated heterocycles. The van der Waals surface area contributed by atoms with Crippen LogP contribution in [0.15, 0.2) is 50.2 Å². The van der Waals surface area contributed by atoms with Gasteiger partial charge in [0.05, 0.1) is 6.04 Å². The van der Waals surface area contributed by atoms with E-state index in [1.807, 2.05) is 12.1 Å². The topological polar surface area (TPSA) is 157 Å². The van der Waals surface area contributed by atoms with E-state index in [-0.39, 0.29) is 41.5 Å². The van der Waals surface area contributed by atoms with Gasteiger partial charge in [0.1, 0.15) is 16.4 Å². The average Bonchev–Trinajstić information content (AvgIpc) is 3.18. The Bertz CT molecular complexity index is 1210. The number of phenolic OH excluding ortho intramolecular Hbond substituents is 1. The van der Waals surface area contributed by atoms with E-state index in [0.717, 1.165) is 16.1 Å². The minimum atomic E-state index is -4.70. The van der Waals surface area contributed by atoms with Crippen LogP contribution in [0, 0.1) is 0 Å². The number of rotatable bonds is 8. The molecule has 0 spiro atoms. The van der Waals surface area contributed by atoms with E-state index in [9.17, 15) is 22.9 Å². The number of hydrogen-bond donors (Lipinski definition) is 3. The van der Waals surface area contributed by atoms with Crippen LogP contribution in [-0.4, -0.2) is 34.1 Å². The standard InChI is InChI=1S/C19H17BrClN3O6S/c20-12-3-1-10(2-4-12)18-23-24-19(30-18)15(22)6-5-14(25)8-11-7-13(21)9-16(17(11)26)31(27,28)29/h1-4,7,9,15,26H,5-6,8,22H2,(H,27,28,29)/t15-/m0/s1. The van der Waals surface area contributed by atoms with Crippen molar-refractivity contribution >= 4 is 43.4 Å². The summed E-state index contributed by atoms with van der Waals surface area (Å²) in [7, 11) is -4.70. The normalized spacial score (nSPS) is 12.6. The number of phenols is 1. The maximum absolute atomic E-state index is 12.3. The SMILES string of the molecule is N[C@@H](CCC(=O)Cc1cc(Cl)cc(S(=O)(=O)O)c1O)c1nnc(-c2ccc(Br)cc2)o1. The molecule has 0 radical (unpaired) electrons. The zero-order valence-electron chi connectivity index (χ0n) is 15.8. The average molecular weight is 531 g/mol. The second kappa shape index (κ2) is 9.45. The number of nitrogens with zero attached hydrogens (tertiary/aromatic N) is 2. The molecular formula is C19H17BrClN3O6S. The summed E-state index contributed by atoms with van der Waals surface area (Å²) >= 11 is 9.17. The summed E-state index contributed by atoms with van der Waals surface area (Å²) in [4.78, 5) is 11.6. The van der Waals surface area contributed by atoms with Crippen molar-refractivity contribution in [2.45, 2.75) is 30.2 Å². The Morgan fingerprint density at radius 3 is 2.55 bits per heavy atom. The van der Waals surface area contributed by atoms with Gasteiger partial charge in [-0.3, -0.25) is 9.35 Å². The van der Waals surface area contributed by atoms with Crippen LogP contribution < -0.4 is 5.73 Å². The minimum Gasteiger partial charge on any atom is -0.506 e. The molecule has 0 bridgehead atoms. The summed E-state index contributed by atoms with van der Waals surface area (Å²) in [6.07, 6.45) is -0.104. The summed E-state index contributed by atoms with van der Waals surface area (Å²) in [5.74, 6) is -0.585. The largest absolute Gasteiger partial charge is 0.506 e. The van der Waals surface area contributed by atoms with Crippen molar-refractivity contribution < 1.29 is 27.3 Å².